The minimum absolute atomic E-state index is 0.0178. The Kier molecular flexibility index (Phi) is 10.6. The summed E-state index contributed by atoms with van der Waals surface area (Å²) in [5.74, 6) is 0.452. The van der Waals surface area contributed by atoms with E-state index in [0.717, 1.165) is 23.3 Å². The molecule has 3 rings (SSSR count). The molecule has 1 fully saturated rings. The fourth-order valence-corrected chi connectivity index (χ4v) is 4.40. The van der Waals surface area contributed by atoms with Crippen LogP contribution in [0.4, 0.5) is 0 Å². The molecule has 1 aliphatic rings. The van der Waals surface area contributed by atoms with E-state index in [-0.39, 0.29) is 30.5 Å². The van der Waals surface area contributed by atoms with Gasteiger partial charge in [-0.2, -0.15) is 0 Å². The Balaban J connectivity index is 1.35. The van der Waals surface area contributed by atoms with Crippen LogP contribution in [0.5, 0.6) is 5.75 Å². The highest BCUT2D eigenvalue weighted by molar-refractivity contribution is 5.69. The van der Waals surface area contributed by atoms with Gasteiger partial charge >= 0.3 is 5.97 Å². The fourth-order valence-electron chi connectivity index (χ4n) is 4.40. The van der Waals surface area contributed by atoms with Crippen molar-refractivity contribution in [1.82, 2.24) is 0 Å². The molecule has 1 saturated carbocycles. The van der Waals surface area contributed by atoms with Crippen molar-refractivity contribution >= 4 is 5.97 Å². The highest BCUT2D eigenvalue weighted by Crippen LogP contribution is 2.37. The van der Waals surface area contributed by atoms with E-state index in [1.54, 1.807) is 7.11 Å². The highest BCUT2D eigenvalue weighted by Gasteiger charge is 2.42. The summed E-state index contributed by atoms with van der Waals surface area (Å²) in [4.78, 5) is 11.9. The van der Waals surface area contributed by atoms with Crippen LogP contribution in [-0.4, -0.2) is 42.1 Å². The highest BCUT2D eigenvalue weighted by atomic mass is 16.5. The normalized spacial score (nSPS) is 22.2. The lowest BCUT2D eigenvalue weighted by molar-refractivity contribution is -0.145. The molecule has 2 N–H and O–H groups in total. The summed E-state index contributed by atoms with van der Waals surface area (Å²) in [6.45, 7) is 0.718. The average molecular weight is 469 g/mol. The molecule has 0 aliphatic heterocycles. The average Bonchev–Trinajstić information content (AvgIpc) is 3.18. The molecule has 2 aromatic rings. The first-order chi connectivity index (χ1) is 16.6. The summed E-state index contributed by atoms with van der Waals surface area (Å²) >= 11 is 0. The minimum atomic E-state index is -0.504. The van der Waals surface area contributed by atoms with Crippen LogP contribution in [0.2, 0.25) is 0 Å². The molecular formula is C28H36O6. The van der Waals surface area contributed by atoms with Crippen molar-refractivity contribution < 1.29 is 29.2 Å². The van der Waals surface area contributed by atoms with Crippen molar-refractivity contribution in [2.45, 2.75) is 57.5 Å². The van der Waals surface area contributed by atoms with Crippen LogP contribution in [0, 0.1) is 11.8 Å². The predicted octanol–water partition coefficient (Wildman–Crippen LogP) is 4.43. The molecule has 2 aromatic carbocycles. The van der Waals surface area contributed by atoms with Gasteiger partial charge in [0, 0.05) is 25.4 Å². The van der Waals surface area contributed by atoms with Crippen LogP contribution in [0.15, 0.2) is 66.7 Å². The van der Waals surface area contributed by atoms with Gasteiger partial charge < -0.3 is 24.4 Å². The van der Waals surface area contributed by atoms with Crippen LogP contribution in [0.3, 0.4) is 0 Å². The van der Waals surface area contributed by atoms with E-state index in [0.29, 0.717) is 38.9 Å². The first kappa shape index (κ1) is 25.9. The van der Waals surface area contributed by atoms with Gasteiger partial charge in [-0.05, 0) is 48.4 Å². The Hall–Kier alpha value is -2.67. The monoisotopic (exact) mass is 468 g/mol. The first-order valence-electron chi connectivity index (χ1n) is 12.0. The third kappa shape index (κ3) is 7.97. The molecule has 6 nitrogen and oxygen atoms in total. The SMILES string of the molecule is COc1ccc(COC2C[C@H](O)[C@H](CC=CCCCC(=O)OCc3ccccc3)[C@H]2CO)cc1. The van der Waals surface area contributed by atoms with Gasteiger partial charge in [-0.25, -0.2) is 0 Å². The zero-order valence-corrected chi connectivity index (χ0v) is 19.8. The van der Waals surface area contributed by atoms with Crippen LogP contribution >= 0.6 is 0 Å². The molecule has 1 unspecified atom stereocenters. The Bertz CT molecular complexity index is 880. The van der Waals surface area contributed by atoms with Crippen molar-refractivity contribution in [2.75, 3.05) is 13.7 Å². The van der Waals surface area contributed by atoms with E-state index in [1.165, 1.54) is 0 Å². The van der Waals surface area contributed by atoms with Crippen LogP contribution in [0.25, 0.3) is 0 Å². The molecule has 1 aliphatic carbocycles. The Labute approximate surface area is 202 Å². The number of aliphatic hydroxyl groups excluding tert-OH is 2. The topological polar surface area (TPSA) is 85.2 Å². The van der Waals surface area contributed by atoms with Crippen molar-refractivity contribution in [3.8, 4) is 5.75 Å². The fraction of sp³-hybridized carbons (Fsp3) is 0.464. The zero-order valence-electron chi connectivity index (χ0n) is 19.8. The molecule has 0 radical (unpaired) electrons. The van der Waals surface area contributed by atoms with E-state index in [9.17, 15) is 15.0 Å². The second-order valence-electron chi connectivity index (χ2n) is 8.76. The molecule has 0 spiro atoms. The number of esters is 1. The smallest absolute Gasteiger partial charge is 0.306 e. The molecule has 34 heavy (non-hydrogen) atoms. The Morgan fingerprint density at radius 1 is 1.00 bits per heavy atom. The van der Waals surface area contributed by atoms with Crippen molar-refractivity contribution in [3.05, 3.63) is 77.9 Å². The van der Waals surface area contributed by atoms with Crippen LogP contribution < -0.4 is 4.74 Å². The van der Waals surface area contributed by atoms with Gasteiger partial charge in [0.2, 0.25) is 0 Å². The summed E-state index contributed by atoms with van der Waals surface area (Å²) in [6, 6.07) is 17.3. The van der Waals surface area contributed by atoms with E-state index >= 15 is 0 Å². The number of allylic oxidation sites excluding steroid dienone is 2. The van der Waals surface area contributed by atoms with E-state index in [1.807, 2.05) is 66.7 Å². The number of unbranched alkanes of at least 4 members (excludes halogenated alkanes) is 1. The maximum atomic E-state index is 11.9. The second kappa shape index (κ2) is 13.9. The van der Waals surface area contributed by atoms with E-state index < -0.39 is 6.10 Å². The largest absolute Gasteiger partial charge is 0.497 e. The lowest BCUT2D eigenvalue weighted by Gasteiger charge is -2.23. The maximum absolute atomic E-state index is 11.9. The van der Waals surface area contributed by atoms with Crippen LogP contribution in [0.1, 0.15) is 43.2 Å². The van der Waals surface area contributed by atoms with Gasteiger partial charge in [0.25, 0.3) is 0 Å². The number of methoxy groups -OCH3 is 1. The number of carbonyl (C=O) groups excluding carboxylic acids is 1. The third-order valence-corrected chi connectivity index (χ3v) is 6.40. The molecule has 4 atom stereocenters. The van der Waals surface area contributed by atoms with Gasteiger partial charge in [-0.3, -0.25) is 4.79 Å². The lowest BCUT2D eigenvalue weighted by atomic mass is 9.91. The lowest BCUT2D eigenvalue weighted by Crippen LogP contribution is -2.26. The van der Waals surface area contributed by atoms with Gasteiger partial charge in [0.05, 0.1) is 25.9 Å². The summed E-state index contributed by atoms with van der Waals surface area (Å²) in [5, 5.41) is 20.5. The first-order valence-corrected chi connectivity index (χ1v) is 12.0. The van der Waals surface area contributed by atoms with Crippen molar-refractivity contribution in [2.24, 2.45) is 11.8 Å². The molecule has 6 heteroatoms. The number of benzene rings is 2. The maximum Gasteiger partial charge on any atom is 0.306 e. The van der Waals surface area contributed by atoms with E-state index in [2.05, 4.69) is 0 Å². The molecule has 0 saturated heterocycles. The second-order valence-corrected chi connectivity index (χ2v) is 8.76. The summed E-state index contributed by atoms with van der Waals surface area (Å²) in [6.07, 6.45) is 6.45. The standard InChI is InChI=1S/C28H36O6/c1-32-23-15-13-22(14-16-23)19-33-27-17-26(30)24(25(27)18-29)11-7-2-3-8-12-28(31)34-20-21-9-5-4-6-10-21/h2,4-7,9-10,13-16,24-27,29-30H,3,8,11-12,17-20H2,1H3/t24-,25-,26+,27?/m1/s1. The number of hydrogen-bond acceptors (Lipinski definition) is 6. The van der Waals surface area contributed by atoms with Gasteiger partial charge in [0.15, 0.2) is 0 Å². The summed E-state index contributed by atoms with van der Waals surface area (Å²) < 4.78 is 16.5. The van der Waals surface area contributed by atoms with E-state index in [4.69, 9.17) is 14.2 Å². The van der Waals surface area contributed by atoms with Gasteiger partial charge in [-0.15, -0.1) is 0 Å². The quantitative estimate of drug-likeness (QED) is 0.257. The molecule has 0 bridgehead atoms. The molecule has 184 valence electrons. The third-order valence-electron chi connectivity index (χ3n) is 6.40. The van der Waals surface area contributed by atoms with Gasteiger partial charge in [-0.1, -0.05) is 54.6 Å². The molecule has 0 heterocycles. The van der Waals surface area contributed by atoms with Gasteiger partial charge in [0.1, 0.15) is 12.4 Å². The zero-order chi connectivity index (χ0) is 24.2. The number of rotatable bonds is 13. The van der Waals surface area contributed by atoms with Crippen molar-refractivity contribution in [3.63, 3.8) is 0 Å². The van der Waals surface area contributed by atoms with Crippen molar-refractivity contribution in [1.29, 1.82) is 0 Å². The predicted molar refractivity (Wildman–Crippen MR) is 130 cm³/mol. The summed E-state index contributed by atoms with van der Waals surface area (Å²) in [5.41, 5.74) is 2.01. The molecule has 0 aromatic heterocycles. The molecular weight excluding hydrogens is 432 g/mol. The Morgan fingerprint density at radius 2 is 1.74 bits per heavy atom. The summed E-state index contributed by atoms with van der Waals surface area (Å²) in [7, 11) is 1.63. The minimum Gasteiger partial charge on any atom is -0.497 e. The van der Waals surface area contributed by atoms with Crippen LogP contribution in [-0.2, 0) is 27.5 Å². The number of ether oxygens (including phenoxy) is 3. The number of hydrogen-bond donors (Lipinski definition) is 2. The number of aliphatic hydroxyl groups is 2. The Morgan fingerprint density at radius 3 is 2.44 bits per heavy atom. The molecule has 0 amide bonds. The number of carbonyl (C=O) groups is 1.